The molecule has 0 aliphatic heterocycles. The van der Waals surface area contributed by atoms with Crippen molar-refractivity contribution in [2.24, 2.45) is 5.92 Å². The fourth-order valence-corrected chi connectivity index (χ4v) is 1.03. The highest BCUT2D eigenvalue weighted by molar-refractivity contribution is 4.60. The van der Waals surface area contributed by atoms with Gasteiger partial charge in [-0.25, -0.2) is 8.78 Å². The molecule has 0 aromatic carbocycles. The summed E-state index contributed by atoms with van der Waals surface area (Å²) in [6.07, 6.45) is -0.680. The highest BCUT2D eigenvalue weighted by atomic mass is 19.3. The summed E-state index contributed by atoms with van der Waals surface area (Å²) in [5, 5.41) is 11.3. The van der Waals surface area contributed by atoms with Crippen LogP contribution in [-0.2, 0) is 0 Å². The molecule has 2 nitrogen and oxygen atoms in total. The summed E-state index contributed by atoms with van der Waals surface area (Å²) >= 11 is 0. The predicted octanol–water partition coefficient (Wildman–Crippen LogP) is 1.25. The lowest BCUT2D eigenvalue weighted by Gasteiger charge is -2.13. The molecule has 74 valence electrons. The number of halogens is 2. The predicted molar refractivity (Wildman–Crippen MR) is 44.4 cm³/mol. The van der Waals surface area contributed by atoms with Gasteiger partial charge in [0.15, 0.2) is 0 Å². The number of aliphatic hydroxyl groups excluding tert-OH is 1. The summed E-state index contributed by atoms with van der Waals surface area (Å²) in [6.45, 7) is 2.45. The van der Waals surface area contributed by atoms with E-state index in [0.717, 1.165) is 6.42 Å². The fraction of sp³-hybridized carbons (Fsp3) is 1.00. The molecular weight excluding hydrogens is 164 g/mol. The molecule has 12 heavy (non-hydrogen) atoms. The molecule has 0 aliphatic carbocycles. The normalized spacial score (nSPS) is 13.8. The molecule has 0 aromatic heterocycles. The van der Waals surface area contributed by atoms with Crippen molar-refractivity contribution in [3.8, 4) is 0 Å². The molecule has 1 atom stereocenters. The molecule has 2 N–H and O–H groups in total. The van der Waals surface area contributed by atoms with Crippen LogP contribution in [0.1, 0.15) is 19.8 Å². The van der Waals surface area contributed by atoms with E-state index in [4.69, 9.17) is 5.11 Å². The van der Waals surface area contributed by atoms with E-state index in [1.165, 1.54) is 0 Å². The summed E-state index contributed by atoms with van der Waals surface area (Å²) in [4.78, 5) is 0. The molecule has 0 saturated carbocycles. The Bertz CT molecular complexity index is 101. The van der Waals surface area contributed by atoms with Crippen molar-refractivity contribution < 1.29 is 13.9 Å². The number of rotatable bonds is 7. The third-order valence-electron chi connectivity index (χ3n) is 1.85. The van der Waals surface area contributed by atoms with E-state index in [2.05, 4.69) is 5.32 Å². The number of hydrogen-bond donors (Lipinski definition) is 2. The minimum absolute atomic E-state index is 0.134. The lowest BCUT2D eigenvalue weighted by atomic mass is 10.0. The van der Waals surface area contributed by atoms with Crippen molar-refractivity contribution in [1.29, 1.82) is 0 Å². The maximum absolute atomic E-state index is 11.7. The van der Waals surface area contributed by atoms with Gasteiger partial charge in [-0.05, 0) is 18.9 Å². The van der Waals surface area contributed by atoms with Crippen LogP contribution in [0.15, 0.2) is 0 Å². The Morgan fingerprint density at radius 2 is 2.00 bits per heavy atom. The molecule has 0 saturated heterocycles. The van der Waals surface area contributed by atoms with Crippen LogP contribution < -0.4 is 5.32 Å². The highest BCUT2D eigenvalue weighted by Gasteiger charge is 2.06. The van der Waals surface area contributed by atoms with Crippen molar-refractivity contribution in [2.45, 2.75) is 26.2 Å². The van der Waals surface area contributed by atoms with Crippen LogP contribution in [0.25, 0.3) is 0 Å². The zero-order chi connectivity index (χ0) is 9.40. The van der Waals surface area contributed by atoms with Gasteiger partial charge in [-0.3, -0.25) is 0 Å². The molecule has 0 aromatic rings. The number of hydrogen-bond acceptors (Lipinski definition) is 2. The van der Waals surface area contributed by atoms with Crippen LogP contribution in [0.3, 0.4) is 0 Å². The van der Waals surface area contributed by atoms with Gasteiger partial charge in [-0.2, -0.15) is 0 Å². The SMILES string of the molecule is CCC(CCO)CNCC(F)F. The maximum Gasteiger partial charge on any atom is 0.250 e. The van der Waals surface area contributed by atoms with E-state index in [-0.39, 0.29) is 13.2 Å². The van der Waals surface area contributed by atoms with E-state index in [1.54, 1.807) is 0 Å². The van der Waals surface area contributed by atoms with Crippen LogP contribution >= 0.6 is 0 Å². The smallest absolute Gasteiger partial charge is 0.250 e. The summed E-state index contributed by atoms with van der Waals surface area (Å²) in [5.74, 6) is 0.314. The molecule has 0 radical (unpaired) electrons. The van der Waals surface area contributed by atoms with Crippen LogP contribution in [0, 0.1) is 5.92 Å². The molecule has 0 amide bonds. The minimum Gasteiger partial charge on any atom is -0.396 e. The van der Waals surface area contributed by atoms with Gasteiger partial charge < -0.3 is 10.4 Å². The zero-order valence-electron chi connectivity index (χ0n) is 7.39. The molecule has 0 spiro atoms. The Kier molecular flexibility index (Phi) is 7.29. The maximum atomic E-state index is 11.7. The fourth-order valence-electron chi connectivity index (χ4n) is 1.03. The minimum atomic E-state index is -2.28. The largest absolute Gasteiger partial charge is 0.396 e. The molecule has 0 bridgehead atoms. The first-order valence-corrected chi connectivity index (χ1v) is 4.30. The Morgan fingerprint density at radius 1 is 1.33 bits per heavy atom. The van der Waals surface area contributed by atoms with Gasteiger partial charge in [0, 0.05) is 6.61 Å². The van der Waals surface area contributed by atoms with Gasteiger partial charge in [0.05, 0.1) is 6.54 Å². The summed E-state index contributed by atoms with van der Waals surface area (Å²) in [7, 11) is 0. The van der Waals surface area contributed by atoms with Crippen LogP contribution in [0.2, 0.25) is 0 Å². The summed E-state index contributed by atoms with van der Waals surface area (Å²) in [5.41, 5.74) is 0. The molecule has 4 heteroatoms. The second-order valence-corrected chi connectivity index (χ2v) is 2.84. The average Bonchev–Trinajstić information content (AvgIpc) is 2.02. The molecule has 0 rings (SSSR count). The van der Waals surface area contributed by atoms with Crippen molar-refractivity contribution in [3.05, 3.63) is 0 Å². The van der Waals surface area contributed by atoms with Gasteiger partial charge in [-0.1, -0.05) is 13.3 Å². The van der Waals surface area contributed by atoms with Crippen LogP contribution in [0.4, 0.5) is 8.78 Å². The van der Waals surface area contributed by atoms with E-state index in [0.29, 0.717) is 18.9 Å². The Balaban J connectivity index is 3.31. The standard InChI is InChI=1S/C8H17F2NO/c1-2-7(3-4-12)5-11-6-8(9)10/h7-8,11-12H,2-6H2,1H3. The molecule has 0 aliphatic rings. The Morgan fingerprint density at radius 3 is 2.42 bits per heavy atom. The molecular formula is C8H17F2NO. The molecule has 1 unspecified atom stereocenters. The van der Waals surface area contributed by atoms with E-state index in [1.807, 2.05) is 6.92 Å². The third kappa shape index (κ3) is 6.49. The van der Waals surface area contributed by atoms with Gasteiger partial charge in [0.1, 0.15) is 0 Å². The molecule has 0 heterocycles. The van der Waals surface area contributed by atoms with E-state index in [9.17, 15) is 8.78 Å². The van der Waals surface area contributed by atoms with E-state index >= 15 is 0 Å². The van der Waals surface area contributed by atoms with Crippen molar-refractivity contribution in [2.75, 3.05) is 19.7 Å². The monoisotopic (exact) mass is 181 g/mol. The van der Waals surface area contributed by atoms with Crippen LogP contribution in [-0.4, -0.2) is 31.2 Å². The number of alkyl halides is 2. The van der Waals surface area contributed by atoms with Gasteiger partial charge >= 0.3 is 0 Å². The van der Waals surface area contributed by atoms with Gasteiger partial charge in [-0.15, -0.1) is 0 Å². The van der Waals surface area contributed by atoms with Crippen LogP contribution in [0.5, 0.6) is 0 Å². The first-order chi connectivity index (χ1) is 5.70. The van der Waals surface area contributed by atoms with Crippen molar-refractivity contribution >= 4 is 0 Å². The quantitative estimate of drug-likeness (QED) is 0.619. The van der Waals surface area contributed by atoms with Crippen molar-refractivity contribution in [3.63, 3.8) is 0 Å². The summed E-state index contributed by atoms with van der Waals surface area (Å²) in [6, 6.07) is 0. The van der Waals surface area contributed by atoms with E-state index < -0.39 is 6.43 Å². The Hall–Kier alpha value is -0.220. The lowest BCUT2D eigenvalue weighted by Crippen LogP contribution is -2.27. The van der Waals surface area contributed by atoms with Gasteiger partial charge in [0.25, 0.3) is 6.43 Å². The molecule has 0 fully saturated rings. The topological polar surface area (TPSA) is 32.3 Å². The first-order valence-electron chi connectivity index (χ1n) is 4.30. The first kappa shape index (κ1) is 11.8. The lowest BCUT2D eigenvalue weighted by molar-refractivity contribution is 0.142. The zero-order valence-corrected chi connectivity index (χ0v) is 7.39. The highest BCUT2D eigenvalue weighted by Crippen LogP contribution is 2.05. The second kappa shape index (κ2) is 7.43. The second-order valence-electron chi connectivity index (χ2n) is 2.84. The number of nitrogens with one attached hydrogen (secondary N) is 1. The Labute approximate surface area is 72.0 Å². The summed E-state index contributed by atoms with van der Waals surface area (Å²) < 4.78 is 23.3. The van der Waals surface area contributed by atoms with Crippen molar-refractivity contribution in [1.82, 2.24) is 5.32 Å². The average molecular weight is 181 g/mol. The van der Waals surface area contributed by atoms with Gasteiger partial charge in [0.2, 0.25) is 0 Å². The third-order valence-corrected chi connectivity index (χ3v) is 1.85. The number of aliphatic hydroxyl groups is 1.